The minimum atomic E-state index is -1.37. The van der Waals surface area contributed by atoms with E-state index in [1.54, 1.807) is 13.8 Å². The highest BCUT2D eigenvalue weighted by molar-refractivity contribution is 7.80. The van der Waals surface area contributed by atoms with Gasteiger partial charge in [-0.05, 0) is 23.6 Å². The standard InChI is InChI=1S/C21H30N4O8S/c1-10(2)17(25-18(29)13(22)8-16(27)28)20(31)24-15(9-34)19(30)23-14(21(32)33)7-11-3-5-12(26)6-4-11/h3-6,10,13-15,17,26,34H,7-9,22H2,1-2H3,(H,23,30)(H,24,31)(H,25,29)(H,27,28)(H,32,33). The first-order valence-corrected chi connectivity index (χ1v) is 11.0. The molecule has 0 aromatic heterocycles. The number of carboxylic acid groups (broad SMARTS) is 2. The van der Waals surface area contributed by atoms with Gasteiger partial charge in [-0.15, -0.1) is 0 Å². The van der Waals surface area contributed by atoms with Gasteiger partial charge in [0.05, 0.1) is 12.5 Å². The minimum absolute atomic E-state index is 0.00762. The number of aromatic hydroxyl groups is 1. The smallest absolute Gasteiger partial charge is 0.326 e. The molecule has 0 aliphatic rings. The van der Waals surface area contributed by atoms with Gasteiger partial charge in [0.25, 0.3) is 0 Å². The number of rotatable bonds is 13. The van der Waals surface area contributed by atoms with Crippen molar-refractivity contribution in [3.8, 4) is 5.75 Å². The van der Waals surface area contributed by atoms with E-state index in [0.717, 1.165) is 0 Å². The van der Waals surface area contributed by atoms with Crippen LogP contribution in [0.4, 0.5) is 0 Å². The van der Waals surface area contributed by atoms with E-state index in [4.69, 9.17) is 10.8 Å². The number of aliphatic carboxylic acids is 2. The number of carbonyl (C=O) groups is 5. The van der Waals surface area contributed by atoms with Crippen molar-refractivity contribution >= 4 is 42.3 Å². The normalized spacial score (nSPS) is 14.4. The predicted octanol–water partition coefficient (Wildman–Crippen LogP) is -1.14. The molecule has 1 aromatic carbocycles. The zero-order valence-corrected chi connectivity index (χ0v) is 19.6. The number of nitrogens with one attached hydrogen (secondary N) is 3. The van der Waals surface area contributed by atoms with Gasteiger partial charge in [-0.3, -0.25) is 19.2 Å². The first kappa shape index (κ1) is 28.7. The molecule has 12 nitrogen and oxygen atoms in total. The molecular weight excluding hydrogens is 468 g/mol. The van der Waals surface area contributed by atoms with E-state index in [2.05, 4.69) is 28.6 Å². The Morgan fingerprint density at radius 1 is 0.912 bits per heavy atom. The van der Waals surface area contributed by atoms with Crippen LogP contribution >= 0.6 is 12.6 Å². The molecule has 8 N–H and O–H groups in total. The number of thiol groups is 1. The molecule has 1 aromatic rings. The molecule has 0 aliphatic carbocycles. The number of hydrogen-bond acceptors (Lipinski definition) is 8. The average molecular weight is 499 g/mol. The number of amides is 3. The van der Waals surface area contributed by atoms with Crippen LogP contribution in [0.1, 0.15) is 25.8 Å². The zero-order chi connectivity index (χ0) is 26.0. The summed E-state index contributed by atoms with van der Waals surface area (Å²) in [6.45, 7) is 3.25. The van der Waals surface area contributed by atoms with Crippen LogP contribution in [0.3, 0.4) is 0 Å². The van der Waals surface area contributed by atoms with Gasteiger partial charge in [0.1, 0.15) is 23.9 Å². The molecule has 4 unspecified atom stereocenters. The van der Waals surface area contributed by atoms with E-state index in [9.17, 15) is 34.2 Å². The molecular formula is C21H30N4O8S. The van der Waals surface area contributed by atoms with Gasteiger partial charge in [0, 0.05) is 12.2 Å². The summed E-state index contributed by atoms with van der Waals surface area (Å²) in [6, 6.07) is 0.766. The number of carboxylic acids is 2. The number of phenolic OH excluding ortho intramolecular Hbond substituents is 1. The fourth-order valence-electron chi connectivity index (χ4n) is 2.87. The van der Waals surface area contributed by atoms with Crippen LogP contribution in [-0.2, 0) is 30.4 Å². The summed E-state index contributed by atoms with van der Waals surface area (Å²) in [7, 11) is 0. The number of hydrogen-bond donors (Lipinski definition) is 8. The van der Waals surface area contributed by atoms with Gasteiger partial charge in [-0.25, -0.2) is 4.79 Å². The molecule has 4 atom stereocenters. The summed E-state index contributed by atoms with van der Waals surface area (Å²) in [5.74, 6) is -5.57. The van der Waals surface area contributed by atoms with Crippen LogP contribution in [0.2, 0.25) is 0 Å². The van der Waals surface area contributed by atoms with E-state index < -0.39 is 66.2 Å². The SMILES string of the molecule is CC(C)C(NC(=O)C(N)CC(=O)O)C(=O)NC(CS)C(=O)NC(Cc1ccc(O)cc1)C(=O)O. The second-order valence-corrected chi connectivity index (χ2v) is 8.31. The fraction of sp³-hybridized carbons (Fsp3) is 0.476. The highest BCUT2D eigenvalue weighted by atomic mass is 32.1. The lowest BCUT2D eigenvalue weighted by atomic mass is 10.0. The van der Waals surface area contributed by atoms with Crippen LogP contribution < -0.4 is 21.7 Å². The Labute approximate surface area is 201 Å². The maximum atomic E-state index is 12.7. The minimum Gasteiger partial charge on any atom is -0.508 e. The van der Waals surface area contributed by atoms with E-state index in [-0.39, 0.29) is 17.9 Å². The third-order valence-corrected chi connectivity index (χ3v) is 5.15. The Kier molecular flexibility index (Phi) is 11.3. The maximum Gasteiger partial charge on any atom is 0.326 e. The largest absolute Gasteiger partial charge is 0.508 e. The third-order valence-electron chi connectivity index (χ3n) is 4.78. The van der Waals surface area contributed by atoms with Crippen molar-refractivity contribution in [2.24, 2.45) is 11.7 Å². The Hall–Kier alpha value is -3.32. The third kappa shape index (κ3) is 9.27. The molecule has 0 saturated heterocycles. The van der Waals surface area contributed by atoms with Crippen LogP contribution in [-0.4, -0.2) is 74.9 Å². The number of nitrogens with two attached hydrogens (primary N) is 1. The zero-order valence-electron chi connectivity index (χ0n) is 18.7. The topological polar surface area (TPSA) is 208 Å². The Morgan fingerprint density at radius 2 is 1.47 bits per heavy atom. The second-order valence-electron chi connectivity index (χ2n) is 7.95. The van der Waals surface area contributed by atoms with Gasteiger partial charge in [-0.2, -0.15) is 12.6 Å². The van der Waals surface area contributed by atoms with Crippen LogP contribution in [0, 0.1) is 5.92 Å². The Balaban J connectivity index is 2.85. The van der Waals surface area contributed by atoms with Crippen molar-refractivity contribution in [1.29, 1.82) is 0 Å². The summed E-state index contributed by atoms with van der Waals surface area (Å²) < 4.78 is 0. The van der Waals surface area contributed by atoms with E-state index in [1.165, 1.54) is 24.3 Å². The maximum absolute atomic E-state index is 12.7. The Bertz CT molecular complexity index is 893. The molecule has 1 rings (SSSR count). The summed E-state index contributed by atoms with van der Waals surface area (Å²) in [5, 5.41) is 34.7. The van der Waals surface area contributed by atoms with Crippen molar-refractivity contribution in [3.63, 3.8) is 0 Å². The predicted molar refractivity (Wildman–Crippen MR) is 124 cm³/mol. The van der Waals surface area contributed by atoms with Crippen molar-refractivity contribution in [2.45, 2.75) is 50.9 Å². The van der Waals surface area contributed by atoms with Gasteiger partial charge < -0.3 is 37.0 Å². The van der Waals surface area contributed by atoms with Crippen LogP contribution in [0.15, 0.2) is 24.3 Å². The summed E-state index contributed by atoms with van der Waals surface area (Å²) in [5.41, 5.74) is 6.08. The van der Waals surface area contributed by atoms with Gasteiger partial charge in [-0.1, -0.05) is 26.0 Å². The molecule has 34 heavy (non-hydrogen) atoms. The molecule has 0 bridgehead atoms. The van der Waals surface area contributed by atoms with Crippen LogP contribution in [0.5, 0.6) is 5.75 Å². The van der Waals surface area contributed by atoms with Crippen LogP contribution in [0.25, 0.3) is 0 Å². The van der Waals surface area contributed by atoms with Crippen molar-refractivity contribution in [2.75, 3.05) is 5.75 Å². The lowest BCUT2D eigenvalue weighted by molar-refractivity contribution is -0.142. The fourth-order valence-corrected chi connectivity index (χ4v) is 3.13. The van der Waals surface area contributed by atoms with Crippen molar-refractivity contribution < 1.29 is 39.3 Å². The molecule has 0 aliphatic heterocycles. The number of benzene rings is 1. The first-order chi connectivity index (χ1) is 15.8. The summed E-state index contributed by atoms with van der Waals surface area (Å²) in [4.78, 5) is 59.9. The lowest BCUT2D eigenvalue weighted by Crippen LogP contribution is -2.59. The number of phenols is 1. The summed E-state index contributed by atoms with van der Waals surface area (Å²) in [6.07, 6.45) is -0.696. The highest BCUT2D eigenvalue weighted by Crippen LogP contribution is 2.12. The van der Waals surface area contributed by atoms with E-state index in [1.807, 2.05) is 0 Å². The molecule has 0 fully saturated rings. The molecule has 0 heterocycles. The number of carbonyl (C=O) groups excluding carboxylic acids is 3. The average Bonchev–Trinajstić information content (AvgIpc) is 2.75. The Morgan fingerprint density at radius 3 is 1.94 bits per heavy atom. The molecule has 13 heteroatoms. The first-order valence-electron chi connectivity index (χ1n) is 10.4. The summed E-state index contributed by atoms with van der Waals surface area (Å²) >= 11 is 4.05. The van der Waals surface area contributed by atoms with Crippen molar-refractivity contribution in [3.05, 3.63) is 29.8 Å². The van der Waals surface area contributed by atoms with Gasteiger partial charge in [0.2, 0.25) is 17.7 Å². The molecule has 0 spiro atoms. The molecule has 188 valence electrons. The quantitative estimate of drug-likeness (QED) is 0.154. The monoisotopic (exact) mass is 498 g/mol. The van der Waals surface area contributed by atoms with Gasteiger partial charge in [0.15, 0.2) is 0 Å². The lowest BCUT2D eigenvalue weighted by Gasteiger charge is -2.26. The van der Waals surface area contributed by atoms with Gasteiger partial charge >= 0.3 is 11.9 Å². The van der Waals surface area contributed by atoms with Crippen molar-refractivity contribution in [1.82, 2.24) is 16.0 Å². The molecule has 0 radical (unpaired) electrons. The molecule has 0 saturated carbocycles. The van der Waals surface area contributed by atoms with E-state index in [0.29, 0.717) is 5.56 Å². The molecule has 3 amide bonds. The second kappa shape index (κ2) is 13.4. The highest BCUT2D eigenvalue weighted by Gasteiger charge is 2.31. The van der Waals surface area contributed by atoms with E-state index >= 15 is 0 Å².